The number of rotatable bonds is 39. The number of aliphatic hydroxyl groups excluding tert-OH is 3. The van der Waals surface area contributed by atoms with Crippen molar-refractivity contribution in [3.05, 3.63) is 24.3 Å². The number of unbranched alkanes of at least 4 members (excludes halogenated alkanes) is 14. The van der Waals surface area contributed by atoms with Gasteiger partial charge in [-0.2, -0.15) is 0 Å². The maximum atomic E-state index is 12.7. The lowest BCUT2D eigenvalue weighted by Gasteiger charge is -2.20. The van der Waals surface area contributed by atoms with Crippen molar-refractivity contribution in [1.29, 1.82) is 0 Å². The van der Waals surface area contributed by atoms with Gasteiger partial charge < -0.3 is 39.5 Å². The van der Waals surface area contributed by atoms with Crippen molar-refractivity contribution in [3.8, 4) is 0 Å². The van der Waals surface area contributed by atoms with Crippen LogP contribution in [0, 0.1) is 17.8 Å². The summed E-state index contributed by atoms with van der Waals surface area (Å²) in [6.07, 6.45) is 22.6. The average Bonchev–Trinajstić information content (AvgIpc) is 3.47. The second-order valence-corrected chi connectivity index (χ2v) is 19.6. The molecule has 1 unspecified atom stereocenters. The van der Waals surface area contributed by atoms with Crippen molar-refractivity contribution in [2.45, 2.75) is 193 Å². The molecule has 362 valence electrons. The molecule has 0 bridgehead atoms. The Morgan fingerprint density at radius 2 is 1.29 bits per heavy atom. The summed E-state index contributed by atoms with van der Waals surface area (Å²) in [5.74, 6) is -1.28. The summed E-state index contributed by atoms with van der Waals surface area (Å²) in [7, 11) is -9.77. The van der Waals surface area contributed by atoms with Gasteiger partial charge in [0, 0.05) is 31.1 Å². The first kappa shape index (κ1) is 58.2. The van der Waals surface area contributed by atoms with Crippen molar-refractivity contribution < 1.29 is 76.6 Å². The average molecular weight is 927 g/mol. The van der Waals surface area contributed by atoms with Crippen LogP contribution < -0.4 is 0 Å². The molecule has 16 nitrogen and oxygen atoms in total. The molecule has 0 radical (unpaired) electrons. The molecule has 0 heterocycles. The first-order chi connectivity index (χ1) is 29.4. The second-order valence-electron chi connectivity index (χ2n) is 16.9. The van der Waals surface area contributed by atoms with Crippen LogP contribution in [0.4, 0.5) is 0 Å². The second kappa shape index (κ2) is 34.5. The molecule has 0 aliphatic heterocycles. The summed E-state index contributed by atoms with van der Waals surface area (Å²) in [4.78, 5) is 65.5. The predicted octanol–water partition coefficient (Wildman–Crippen LogP) is 8.34. The number of Topliss-reactive ketones (excluding diaryl/α,β-unsaturated/α-hetero) is 1. The molecule has 1 rings (SSSR count). The van der Waals surface area contributed by atoms with Crippen LogP contribution in [0.25, 0.3) is 0 Å². The van der Waals surface area contributed by atoms with Gasteiger partial charge in [-0.05, 0) is 38.0 Å². The van der Waals surface area contributed by atoms with Crippen LogP contribution in [0.3, 0.4) is 0 Å². The minimum Gasteiger partial charge on any atom is -0.462 e. The molecule has 1 aliphatic carbocycles. The van der Waals surface area contributed by atoms with Gasteiger partial charge >= 0.3 is 27.6 Å². The van der Waals surface area contributed by atoms with Gasteiger partial charge in [0.1, 0.15) is 18.5 Å². The van der Waals surface area contributed by atoms with Crippen LogP contribution >= 0.6 is 15.6 Å². The molecule has 1 aliphatic rings. The van der Waals surface area contributed by atoms with E-state index in [1.807, 2.05) is 12.2 Å². The van der Waals surface area contributed by atoms with Crippen LogP contribution in [0.1, 0.15) is 168 Å². The van der Waals surface area contributed by atoms with Crippen molar-refractivity contribution in [2.75, 3.05) is 26.4 Å². The monoisotopic (exact) mass is 926 g/mol. The normalized spacial score (nSPS) is 19.6. The van der Waals surface area contributed by atoms with Crippen molar-refractivity contribution in [1.82, 2.24) is 0 Å². The molecule has 0 spiro atoms. The van der Waals surface area contributed by atoms with Crippen molar-refractivity contribution >= 4 is 33.4 Å². The van der Waals surface area contributed by atoms with Gasteiger partial charge in [-0.15, -0.1) is 0 Å². The minimum atomic E-state index is -4.90. The van der Waals surface area contributed by atoms with E-state index in [0.29, 0.717) is 32.1 Å². The number of phosphoric ester groups is 2. The SMILES string of the molecule is CCCCC[C@H](O)/C=C/[C@H]1[C@H](O)CC(=O)[C@@H]1C/C=C\CCCC(=O)OC[C@H](COP(=O)(O)OC[C@@H](O)COP(=O)(O)O)OC(=O)CCCCCCCCCCCCCCC(C)C. The first-order valence-corrected chi connectivity index (χ1v) is 26.0. The Kier molecular flexibility index (Phi) is 32.4. The summed E-state index contributed by atoms with van der Waals surface area (Å²) in [5.41, 5.74) is 0. The van der Waals surface area contributed by atoms with Gasteiger partial charge in [0.05, 0.1) is 32.0 Å². The van der Waals surface area contributed by atoms with E-state index in [4.69, 9.17) is 23.8 Å². The summed E-state index contributed by atoms with van der Waals surface area (Å²) >= 11 is 0. The van der Waals surface area contributed by atoms with E-state index in [-0.39, 0.29) is 31.0 Å². The number of ketones is 1. The Hall–Kier alpha value is -1.81. The quantitative estimate of drug-likeness (QED) is 0.0147. The Balaban J connectivity index is 2.55. The van der Waals surface area contributed by atoms with E-state index in [2.05, 4.69) is 29.8 Å². The summed E-state index contributed by atoms with van der Waals surface area (Å²) in [6.45, 7) is 3.67. The third-order valence-corrected chi connectivity index (χ3v) is 12.1. The zero-order valence-electron chi connectivity index (χ0n) is 37.6. The van der Waals surface area contributed by atoms with E-state index in [1.165, 1.54) is 51.4 Å². The van der Waals surface area contributed by atoms with Crippen LogP contribution in [0.2, 0.25) is 0 Å². The highest BCUT2D eigenvalue weighted by Gasteiger charge is 2.39. The van der Waals surface area contributed by atoms with Gasteiger partial charge in [-0.1, -0.05) is 141 Å². The molecule has 0 aromatic rings. The lowest BCUT2D eigenvalue weighted by atomic mass is 9.90. The first-order valence-electron chi connectivity index (χ1n) is 23.0. The van der Waals surface area contributed by atoms with Crippen LogP contribution in [-0.4, -0.2) is 98.6 Å². The fourth-order valence-corrected chi connectivity index (χ4v) is 8.20. The van der Waals surface area contributed by atoms with E-state index in [9.17, 15) is 43.7 Å². The summed E-state index contributed by atoms with van der Waals surface area (Å²) in [5, 5.41) is 30.5. The standard InChI is InChI=1S/C44H80O16P2/c1-4-5-18-24-36(45)28-29-40-39(41(47)30-42(40)48)25-20-16-17-21-26-43(49)56-33-38(34-59-62(54,55)58-32-37(46)31-57-61(51,52)53)60-44(50)27-22-15-13-11-9-7-6-8-10-12-14-19-23-35(2)3/h16,20,28-29,35-40,42,45-46,48H,4-15,17-19,21-27,30-34H2,1-3H3,(H,54,55)(H2,51,52,53)/b20-16-,29-28+/t36-,37-,38+,39+,40+,42+/m0/s1. The highest BCUT2D eigenvalue weighted by atomic mass is 31.2. The fraction of sp³-hybridized carbons (Fsp3) is 0.841. The number of allylic oxidation sites excluding steroid dienone is 2. The van der Waals surface area contributed by atoms with Gasteiger partial charge in [-0.25, -0.2) is 9.13 Å². The summed E-state index contributed by atoms with van der Waals surface area (Å²) in [6, 6.07) is 0. The van der Waals surface area contributed by atoms with Crippen LogP contribution in [-0.2, 0) is 46.6 Å². The molecule has 0 aromatic heterocycles. The molecule has 18 heteroatoms. The van der Waals surface area contributed by atoms with Crippen LogP contribution in [0.15, 0.2) is 24.3 Å². The smallest absolute Gasteiger partial charge is 0.462 e. The minimum absolute atomic E-state index is 0.00281. The zero-order chi connectivity index (χ0) is 46.2. The lowest BCUT2D eigenvalue weighted by Crippen LogP contribution is -2.30. The number of carbonyl (C=O) groups is 3. The van der Waals surface area contributed by atoms with E-state index >= 15 is 0 Å². The molecular formula is C44H80O16P2. The van der Waals surface area contributed by atoms with Crippen molar-refractivity contribution in [2.24, 2.45) is 17.8 Å². The Morgan fingerprint density at radius 1 is 0.726 bits per heavy atom. The van der Waals surface area contributed by atoms with Gasteiger partial charge in [0.2, 0.25) is 0 Å². The highest BCUT2D eigenvalue weighted by molar-refractivity contribution is 7.47. The van der Waals surface area contributed by atoms with E-state index in [1.54, 1.807) is 12.2 Å². The van der Waals surface area contributed by atoms with E-state index in [0.717, 1.165) is 50.9 Å². The number of carbonyl (C=O) groups excluding carboxylic acids is 3. The topological polar surface area (TPSA) is 253 Å². The third kappa shape index (κ3) is 31.9. The number of phosphoric acid groups is 2. The largest absolute Gasteiger partial charge is 0.472 e. The number of aliphatic hydroxyl groups is 3. The molecule has 7 atom stereocenters. The maximum Gasteiger partial charge on any atom is 0.472 e. The third-order valence-electron chi connectivity index (χ3n) is 10.6. The van der Waals surface area contributed by atoms with Gasteiger partial charge in [-0.3, -0.25) is 28.0 Å². The number of hydrogen-bond donors (Lipinski definition) is 6. The Labute approximate surface area is 370 Å². The molecule has 1 fully saturated rings. The lowest BCUT2D eigenvalue weighted by molar-refractivity contribution is -0.161. The molecule has 0 amide bonds. The molecule has 0 aromatic carbocycles. The fourth-order valence-electron chi connectivity index (χ4n) is 7.04. The van der Waals surface area contributed by atoms with Crippen LogP contribution in [0.5, 0.6) is 0 Å². The molecule has 1 saturated carbocycles. The molecule has 0 saturated heterocycles. The predicted molar refractivity (Wildman–Crippen MR) is 236 cm³/mol. The van der Waals surface area contributed by atoms with Gasteiger partial charge in [0.25, 0.3) is 0 Å². The molecular weight excluding hydrogens is 846 g/mol. The highest BCUT2D eigenvalue weighted by Crippen LogP contribution is 2.44. The number of ether oxygens (including phenoxy) is 2. The Bertz CT molecular complexity index is 1370. The molecule has 62 heavy (non-hydrogen) atoms. The number of esters is 2. The van der Waals surface area contributed by atoms with Crippen molar-refractivity contribution in [3.63, 3.8) is 0 Å². The van der Waals surface area contributed by atoms with E-state index < -0.39 is 84.3 Å². The zero-order valence-corrected chi connectivity index (χ0v) is 39.4. The molecule has 6 N–H and O–H groups in total. The van der Waals surface area contributed by atoms with Gasteiger partial charge in [0.15, 0.2) is 6.10 Å². The number of hydrogen-bond acceptors (Lipinski definition) is 13. The Morgan fingerprint density at radius 3 is 1.90 bits per heavy atom. The maximum absolute atomic E-state index is 12.7. The summed E-state index contributed by atoms with van der Waals surface area (Å²) < 4.78 is 47.8.